The Hall–Kier alpha value is -0.960. The highest BCUT2D eigenvalue weighted by molar-refractivity contribution is 5.13. The Morgan fingerprint density at radius 1 is 1.14 bits per heavy atom. The van der Waals surface area contributed by atoms with Crippen molar-refractivity contribution in [2.24, 2.45) is 5.92 Å². The average Bonchev–Trinajstić information content (AvgIpc) is 2.59. The Kier molecular flexibility index (Phi) is 1.98. The van der Waals surface area contributed by atoms with Crippen LogP contribution in [0.4, 0.5) is 0 Å². The molecular formula is C11H15N3. The summed E-state index contributed by atoms with van der Waals surface area (Å²) >= 11 is 0. The fourth-order valence-corrected chi connectivity index (χ4v) is 2.90. The Morgan fingerprint density at radius 2 is 2.00 bits per heavy atom. The lowest BCUT2D eigenvalue weighted by molar-refractivity contribution is 0.363. The maximum absolute atomic E-state index is 4.10. The van der Waals surface area contributed by atoms with Crippen LogP contribution in [0.1, 0.15) is 30.7 Å². The smallest absolute Gasteiger partial charge is 0.115 e. The van der Waals surface area contributed by atoms with E-state index in [1.54, 1.807) is 6.33 Å². The van der Waals surface area contributed by atoms with Gasteiger partial charge >= 0.3 is 0 Å². The summed E-state index contributed by atoms with van der Waals surface area (Å²) in [5.41, 5.74) is 1.32. The third-order valence-corrected chi connectivity index (χ3v) is 3.55. The first kappa shape index (κ1) is 8.36. The van der Waals surface area contributed by atoms with E-state index in [0.717, 1.165) is 12.0 Å². The predicted octanol–water partition coefficient (Wildman–Crippen LogP) is 1.33. The molecule has 2 aliphatic rings. The zero-order valence-electron chi connectivity index (χ0n) is 8.19. The lowest BCUT2D eigenvalue weighted by Crippen LogP contribution is -2.24. The Balaban J connectivity index is 1.81. The molecule has 1 saturated heterocycles. The average molecular weight is 189 g/mol. The monoisotopic (exact) mass is 189 g/mol. The summed E-state index contributed by atoms with van der Waals surface area (Å²) in [5, 5.41) is 3.58. The maximum Gasteiger partial charge on any atom is 0.115 e. The number of nitrogens with zero attached hydrogens (tertiary/aromatic N) is 2. The number of hydrogen-bond acceptors (Lipinski definition) is 3. The summed E-state index contributed by atoms with van der Waals surface area (Å²) in [7, 11) is 0. The van der Waals surface area contributed by atoms with Gasteiger partial charge in [0, 0.05) is 18.4 Å². The zero-order chi connectivity index (χ0) is 9.38. The van der Waals surface area contributed by atoms with Crippen LogP contribution in [0.2, 0.25) is 0 Å². The van der Waals surface area contributed by atoms with Gasteiger partial charge in [0.1, 0.15) is 6.33 Å². The highest BCUT2D eigenvalue weighted by Crippen LogP contribution is 2.38. The molecular weight excluding hydrogens is 174 g/mol. The van der Waals surface area contributed by atoms with E-state index in [1.807, 2.05) is 12.4 Å². The summed E-state index contributed by atoms with van der Waals surface area (Å²) in [4.78, 5) is 8.20. The molecule has 0 amide bonds. The van der Waals surface area contributed by atoms with Crippen LogP contribution < -0.4 is 5.32 Å². The zero-order valence-corrected chi connectivity index (χ0v) is 8.19. The molecule has 14 heavy (non-hydrogen) atoms. The van der Waals surface area contributed by atoms with Crippen LogP contribution >= 0.6 is 0 Å². The van der Waals surface area contributed by atoms with E-state index in [4.69, 9.17) is 0 Å². The summed E-state index contributed by atoms with van der Waals surface area (Å²) in [6, 6.07) is 0.749. The molecule has 3 nitrogen and oxygen atoms in total. The second-order valence-corrected chi connectivity index (χ2v) is 4.55. The first-order valence-corrected chi connectivity index (χ1v) is 5.40. The van der Waals surface area contributed by atoms with Gasteiger partial charge in [0.25, 0.3) is 0 Å². The Labute approximate surface area is 84.0 Å². The SMILES string of the molecule is c1ncc(C2CC3CNC(C3)C2)cn1. The molecule has 74 valence electrons. The largest absolute Gasteiger partial charge is 0.314 e. The lowest BCUT2D eigenvalue weighted by atomic mass is 9.79. The van der Waals surface area contributed by atoms with Crippen molar-refractivity contribution in [3.63, 3.8) is 0 Å². The van der Waals surface area contributed by atoms with Gasteiger partial charge in [-0.3, -0.25) is 0 Å². The fraction of sp³-hybridized carbons (Fsp3) is 0.636. The van der Waals surface area contributed by atoms with E-state index >= 15 is 0 Å². The van der Waals surface area contributed by atoms with Crippen LogP contribution in [0.15, 0.2) is 18.7 Å². The molecule has 1 saturated carbocycles. The summed E-state index contributed by atoms with van der Waals surface area (Å²) in [6.07, 6.45) is 9.52. The first-order valence-electron chi connectivity index (χ1n) is 5.40. The van der Waals surface area contributed by atoms with Crippen LogP contribution in [0, 0.1) is 5.92 Å². The first-order chi connectivity index (χ1) is 6.92. The van der Waals surface area contributed by atoms with Gasteiger partial charge in [-0.25, -0.2) is 9.97 Å². The second kappa shape index (κ2) is 3.31. The van der Waals surface area contributed by atoms with Crippen molar-refractivity contribution < 1.29 is 0 Å². The maximum atomic E-state index is 4.10. The van der Waals surface area contributed by atoms with E-state index in [2.05, 4.69) is 15.3 Å². The van der Waals surface area contributed by atoms with Crippen LogP contribution in [0.5, 0.6) is 0 Å². The summed E-state index contributed by atoms with van der Waals surface area (Å²) in [5.74, 6) is 1.58. The minimum absolute atomic E-state index is 0.690. The molecule has 0 radical (unpaired) electrons. The van der Waals surface area contributed by atoms with E-state index < -0.39 is 0 Å². The highest BCUT2D eigenvalue weighted by Gasteiger charge is 2.34. The van der Waals surface area contributed by atoms with Gasteiger partial charge in [0.05, 0.1) is 0 Å². The van der Waals surface area contributed by atoms with E-state index in [9.17, 15) is 0 Å². The van der Waals surface area contributed by atoms with Crippen molar-refractivity contribution in [2.45, 2.75) is 31.2 Å². The Bertz CT molecular complexity index is 300. The molecule has 2 bridgehead atoms. The molecule has 0 spiro atoms. The number of hydrogen-bond donors (Lipinski definition) is 1. The lowest BCUT2D eigenvalue weighted by Gasteiger charge is -2.26. The van der Waals surface area contributed by atoms with Gasteiger partial charge < -0.3 is 5.32 Å². The third kappa shape index (κ3) is 1.42. The molecule has 3 rings (SSSR count). The highest BCUT2D eigenvalue weighted by atomic mass is 15.0. The summed E-state index contributed by atoms with van der Waals surface area (Å²) < 4.78 is 0. The number of aromatic nitrogens is 2. The fourth-order valence-electron chi connectivity index (χ4n) is 2.90. The molecule has 3 unspecified atom stereocenters. The molecule has 2 heterocycles. The van der Waals surface area contributed by atoms with Crippen molar-refractivity contribution in [1.29, 1.82) is 0 Å². The number of nitrogens with one attached hydrogen (secondary N) is 1. The standard InChI is InChI=1S/C11H15N3/c1-8-2-11(14-4-8)3-9(1)10-5-12-7-13-6-10/h5-9,11,14H,1-4H2. The topological polar surface area (TPSA) is 37.8 Å². The van der Waals surface area contributed by atoms with Crippen LogP contribution in [-0.4, -0.2) is 22.6 Å². The molecule has 1 aliphatic carbocycles. The second-order valence-electron chi connectivity index (χ2n) is 4.55. The normalized spacial score (nSPS) is 35.9. The molecule has 3 heteroatoms. The Morgan fingerprint density at radius 3 is 2.79 bits per heavy atom. The van der Waals surface area contributed by atoms with E-state index in [0.29, 0.717) is 5.92 Å². The minimum Gasteiger partial charge on any atom is -0.314 e. The van der Waals surface area contributed by atoms with Crippen LogP contribution in [0.3, 0.4) is 0 Å². The van der Waals surface area contributed by atoms with Gasteiger partial charge in [-0.15, -0.1) is 0 Å². The molecule has 1 N–H and O–H groups in total. The molecule has 2 fully saturated rings. The van der Waals surface area contributed by atoms with Crippen molar-refractivity contribution in [3.8, 4) is 0 Å². The van der Waals surface area contributed by atoms with Crippen LogP contribution in [-0.2, 0) is 0 Å². The van der Waals surface area contributed by atoms with Crippen molar-refractivity contribution in [1.82, 2.24) is 15.3 Å². The van der Waals surface area contributed by atoms with Gasteiger partial charge in [-0.1, -0.05) is 0 Å². The van der Waals surface area contributed by atoms with Crippen molar-refractivity contribution >= 4 is 0 Å². The number of rotatable bonds is 1. The molecule has 0 aromatic carbocycles. The quantitative estimate of drug-likeness (QED) is 0.724. The number of fused-ring (bicyclic) bond motifs is 2. The van der Waals surface area contributed by atoms with Gasteiger partial charge in [-0.2, -0.15) is 0 Å². The predicted molar refractivity (Wildman–Crippen MR) is 53.9 cm³/mol. The molecule has 1 aromatic rings. The molecule has 1 aliphatic heterocycles. The van der Waals surface area contributed by atoms with Gasteiger partial charge in [0.2, 0.25) is 0 Å². The van der Waals surface area contributed by atoms with Gasteiger partial charge in [-0.05, 0) is 43.2 Å². The third-order valence-electron chi connectivity index (χ3n) is 3.55. The molecule has 3 atom stereocenters. The summed E-state index contributed by atoms with van der Waals surface area (Å²) in [6.45, 7) is 1.22. The molecule has 1 aromatic heterocycles. The van der Waals surface area contributed by atoms with Crippen molar-refractivity contribution in [2.75, 3.05) is 6.54 Å². The van der Waals surface area contributed by atoms with Crippen molar-refractivity contribution in [3.05, 3.63) is 24.3 Å². The van der Waals surface area contributed by atoms with Gasteiger partial charge in [0.15, 0.2) is 0 Å². The minimum atomic E-state index is 0.690. The van der Waals surface area contributed by atoms with E-state index in [-0.39, 0.29) is 0 Å². The van der Waals surface area contributed by atoms with Crippen LogP contribution in [0.25, 0.3) is 0 Å². The van der Waals surface area contributed by atoms with E-state index in [1.165, 1.54) is 31.4 Å².